The number of sulfonamides is 1. The van der Waals surface area contributed by atoms with Crippen LogP contribution in [-0.2, 0) is 29.5 Å². The van der Waals surface area contributed by atoms with Gasteiger partial charge in [-0.2, -0.15) is 0 Å². The Balaban J connectivity index is 1.25. The van der Waals surface area contributed by atoms with Crippen LogP contribution in [0.1, 0.15) is 46.3 Å². The van der Waals surface area contributed by atoms with Crippen molar-refractivity contribution < 1.29 is 13.2 Å². The normalized spacial score (nSPS) is 16.2. The van der Waals surface area contributed by atoms with Gasteiger partial charge in [0, 0.05) is 25.2 Å². The molecule has 0 unspecified atom stereocenters. The van der Waals surface area contributed by atoms with Gasteiger partial charge in [-0.15, -0.1) is 0 Å². The molecule has 3 aromatic carbocycles. The van der Waals surface area contributed by atoms with Crippen LogP contribution >= 0.6 is 0 Å². The monoisotopic (exact) mass is 489 g/mol. The summed E-state index contributed by atoms with van der Waals surface area (Å²) in [6, 6.07) is 22.2. The number of anilines is 1. The Bertz CT molecular complexity index is 1300. The Labute approximate surface area is 207 Å². The third-order valence-corrected chi connectivity index (χ3v) is 8.64. The van der Waals surface area contributed by atoms with E-state index in [0.29, 0.717) is 18.7 Å². The topological polar surface area (TPSA) is 69.7 Å². The summed E-state index contributed by atoms with van der Waals surface area (Å²) in [5, 5.41) is 2.92. The van der Waals surface area contributed by atoms with Crippen LogP contribution in [-0.4, -0.2) is 38.9 Å². The molecule has 0 spiro atoms. The van der Waals surface area contributed by atoms with E-state index in [0.717, 1.165) is 49.3 Å². The first-order valence-electron chi connectivity index (χ1n) is 12.3. The predicted octanol–water partition coefficient (Wildman–Crippen LogP) is 4.35. The van der Waals surface area contributed by atoms with Crippen molar-refractivity contribution in [1.82, 2.24) is 10.2 Å². The second kappa shape index (κ2) is 10.2. The van der Waals surface area contributed by atoms with Crippen LogP contribution in [0.5, 0.6) is 0 Å². The molecule has 3 aromatic rings. The average Bonchev–Trinajstić information content (AvgIpc) is 3.41. The molecule has 1 N–H and O–H groups in total. The number of hydrogen-bond acceptors (Lipinski definition) is 4. The number of fused-ring (bicyclic) bond motifs is 1. The molecule has 1 amide bonds. The molecule has 182 valence electrons. The SMILES string of the molecule is O=C(NCc1ccc(CN2CCCC2)cc1)c1cccc(S(=O)(=O)N2CCCc3ccccc32)c1. The number of nitrogens with one attached hydrogen (secondary N) is 1. The summed E-state index contributed by atoms with van der Waals surface area (Å²) < 4.78 is 28.4. The van der Waals surface area contributed by atoms with Crippen LogP contribution in [0.3, 0.4) is 0 Å². The second-order valence-corrected chi connectivity index (χ2v) is 11.2. The number of likely N-dealkylation sites (tertiary alicyclic amines) is 1. The van der Waals surface area contributed by atoms with Crippen LogP contribution in [0.4, 0.5) is 5.69 Å². The maximum absolute atomic E-state index is 13.5. The first kappa shape index (κ1) is 23.6. The summed E-state index contributed by atoms with van der Waals surface area (Å²) in [5.41, 5.74) is 4.38. The van der Waals surface area contributed by atoms with E-state index in [4.69, 9.17) is 0 Å². The van der Waals surface area contributed by atoms with Crippen LogP contribution in [0.25, 0.3) is 0 Å². The number of amides is 1. The summed E-state index contributed by atoms with van der Waals surface area (Å²) >= 11 is 0. The Morgan fingerprint density at radius 3 is 2.37 bits per heavy atom. The number of carbonyl (C=O) groups is 1. The van der Waals surface area contributed by atoms with Gasteiger partial charge in [0.15, 0.2) is 0 Å². The average molecular weight is 490 g/mol. The van der Waals surface area contributed by atoms with E-state index in [1.165, 1.54) is 28.8 Å². The fourth-order valence-electron chi connectivity index (χ4n) is 4.92. The minimum atomic E-state index is -3.76. The molecule has 2 aliphatic rings. The van der Waals surface area contributed by atoms with Crippen LogP contribution < -0.4 is 9.62 Å². The molecule has 35 heavy (non-hydrogen) atoms. The molecule has 0 radical (unpaired) electrons. The van der Waals surface area contributed by atoms with Gasteiger partial charge in [0.25, 0.3) is 15.9 Å². The predicted molar refractivity (Wildman–Crippen MR) is 138 cm³/mol. The van der Waals surface area contributed by atoms with Crippen molar-refractivity contribution in [3.63, 3.8) is 0 Å². The van der Waals surface area contributed by atoms with Crippen LogP contribution in [0.2, 0.25) is 0 Å². The van der Waals surface area contributed by atoms with Gasteiger partial charge in [0.1, 0.15) is 0 Å². The Morgan fingerprint density at radius 1 is 0.829 bits per heavy atom. The molecule has 2 heterocycles. The second-order valence-electron chi connectivity index (χ2n) is 9.32. The van der Waals surface area contributed by atoms with Gasteiger partial charge < -0.3 is 5.32 Å². The summed E-state index contributed by atoms with van der Waals surface area (Å²) in [6.07, 6.45) is 4.19. The van der Waals surface area contributed by atoms with Crippen molar-refractivity contribution in [2.75, 3.05) is 23.9 Å². The van der Waals surface area contributed by atoms with Crippen LogP contribution in [0, 0.1) is 0 Å². The van der Waals surface area contributed by atoms with Gasteiger partial charge in [0.2, 0.25) is 0 Å². The highest BCUT2D eigenvalue weighted by atomic mass is 32.2. The third-order valence-electron chi connectivity index (χ3n) is 6.83. The number of rotatable bonds is 7. The maximum Gasteiger partial charge on any atom is 0.264 e. The summed E-state index contributed by atoms with van der Waals surface area (Å²) in [4.78, 5) is 15.4. The van der Waals surface area contributed by atoms with E-state index in [1.54, 1.807) is 18.2 Å². The lowest BCUT2D eigenvalue weighted by Crippen LogP contribution is -2.35. The number of benzene rings is 3. The lowest BCUT2D eigenvalue weighted by atomic mass is 10.0. The highest BCUT2D eigenvalue weighted by molar-refractivity contribution is 7.92. The number of para-hydroxylation sites is 1. The standard InChI is InChI=1S/C28H31N3O3S/c32-28(29-20-22-12-14-23(15-13-22)21-30-16-3-4-17-30)25-8-5-10-26(19-25)35(33,34)31-18-6-9-24-7-1-2-11-27(24)31/h1-2,5,7-8,10-15,19H,3-4,6,9,16-18,20-21H2,(H,29,32). The zero-order valence-electron chi connectivity index (χ0n) is 19.8. The van der Waals surface area contributed by atoms with E-state index in [9.17, 15) is 13.2 Å². The summed E-state index contributed by atoms with van der Waals surface area (Å²) in [7, 11) is -3.76. The molecule has 5 rings (SSSR count). The molecule has 0 saturated carbocycles. The molecule has 0 aromatic heterocycles. The highest BCUT2D eigenvalue weighted by Gasteiger charge is 2.29. The number of aryl methyl sites for hydroxylation is 1. The van der Waals surface area contributed by atoms with E-state index in [2.05, 4.69) is 22.3 Å². The van der Waals surface area contributed by atoms with Crippen LogP contribution in [0.15, 0.2) is 77.7 Å². The minimum Gasteiger partial charge on any atom is -0.348 e. The summed E-state index contributed by atoms with van der Waals surface area (Å²) in [6.45, 7) is 4.12. The molecule has 7 heteroatoms. The first-order chi connectivity index (χ1) is 17.0. The van der Waals surface area contributed by atoms with Crippen molar-refractivity contribution in [2.45, 2.75) is 43.7 Å². The maximum atomic E-state index is 13.5. The lowest BCUT2D eigenvalue weighted by Gasteiger charge is -2.30. The number of hydrogen-bond donors (Lipinski definition) is 1. The van der Waals surface area contributed by atoms with Gasteiger partial charge in [-0.05, 0) is 79.7 Å². The van der Waals surface area contributed by atoms with Crippen molar-refractivity contribution in [3.05, 3.63) is 95.1 Å². The van der Waals surface area contributed by atoms with Crippen molar-refractivity contribution in [3.8, 4) is 0 Å². The zero-order valence-corrected chi connectivity index (χ0v) is 20.6. The lowest BCUT2D eigenvalue weighted by molar-refractivity contribution is 0.0950. The Morgan fingerprint density at radius 2 is 1.57 bits per heavy atom. The number of nitrogens with zero attached hydrogens (tertiary/aromatic N) is 2. The van der Waals surface area contributed by atoms with Gasteiger partial charge >= 0.3 is 0 Å². The third kappa shape index (κ3) is 5.26. The molecule has 0 aliphatic carbocycles. The Kier molecular flexibility index (Phi) is 6.88. The van der Waals surface area contributed by atoms with E-state index in [1.807, 2.05) is 36.4 Å². The molecule has 6 nitrogen and oxygen atoms in total. The van der Waals surface area contributed by atoms with Crippen molar-refractivity contribution in [2.24, 2.45) is 0 Å². The van der Waals surface area contributed by atoms with Gasteiger partial charge in [-0.3, -0.25) is 14.0 Å². The highest BCUT2D eigenvalue weighted by Crippen LogP contribution is 2.32. The van der Waals surface area contributed by atoms with E-state index < -0.39 is 10.0 Å². The Hall–Kier alpha value is -3.16. The van der Waals surface area contributed by atoms with Gasteiger partial charge in [-0.1, -0.05) is 48.5 Å². The largest absolute Gasteiger partial charge is 0.348 e. The zero-order chi connectivity index (χ0) is 24.3. The molecule has 1 fully saturated rings. The van der Waals surface area contributed by atoms with E-state index in [-0.39, 0.29) is 10.8 Å². The van der Waals surface area contributed by atoms with Crippen molar-refractivity contribution in [1.29, 1.82) is 0 Å². The molecule has 0 bridgehead atoms. The molecular weight excluding hydrogens is 458 g/mol. The quantitative estimate of drug-likeness (QED) is 0.536. The smallest absolute Gasteiger partial charge is 0.264 e. The fourth-order valence-corrected chi connectivity index (χ4v) is 6.51. The molecule has 2 aliphatic heterocycles. The molecule has 0 atom stereocenters. The summed E-state index contributed by atoms with van der Waals surface area (Å²) in [5.74, 6) is -0.290. The fraction of sp³-hybridized carbons (Fsp3) is 0.321. The minimum absolute atomic E-state index is 0.133. The van der Waals surface area contributed by atoms with Gasteiger partial charge in [-0.25, -0.2) is 8.42 Å². The molecular formula is C28H31N3O3S. The first-order valence-corrected chi connectivity index (χ1v) is 13.7. The van der Waals surface area contributed by atoms with E-state index >= 15 is 0 Å². The van der Waals surface area contributed by atoms with Gasteiger partial charge in [0.05, 0.1) is 10.6 Å². The number of carbonyl (C=O) groups excluding carboxylic acids is 1. The molecule has 1 saturated heterocycles. The van der Waals surface area contributed by atoms with Crippen molar-refractivity contribution >= 4 is 21.6 Å².